The molecule has 32 heavy (non-hydrogen) atoms. The highest BCUT2D eigenvalue weighted by atomic mass is 32.2. The number of nitro benzene ring substituents is 1. The largest absolute Gasteiger partial charge is 0.494 e. The predicted octanol–water partition coefficient (Wildman–Crippen LogP) is 2.48. The van der Waals surface area contributed by atoms with Crippen molar-refractivity contribution in [2.45, 2.75) is 12.1 Å². The Hall–Kier alpha value is -4.13. The topological polar surface area (TPSA) is 163 Å². The van der Waals surface area contributed by atoms with E-state index in [1.54, 1.807) is 12.3 Å². The molecule has 0 aliphatic rings. The molecular formula is C19H20N8O4S. The summed E-state index contributed by atoms with van der Waals surface area (Å²) < 4.78 is 6.53. The average molecular weight is 456 g/mol. The number of nitrogens with one attached hydrogen (secondary N) is 2. The monoisotopic (exact) mass is 456 g/mol. The Labute approximate surface area is 187 Å². The smallest absolute Gasteiger partial charge is 0.292 e. The van der Waals surface area contributed by atoms with Gasteiger partial charge >= 0.3 is 0 Å². The number of nitrogen functional groups attached to an aromatic ring is 1. The van der Waals surface area contributed by atoms with E-state index >= 15 is 0 Å². The Morgan fingerprint density at radius 1 is 1.28 bits per heavy atom. The molecule has 13 heteroatoms. The van der Waals surface area contributed by atoms with Crippen molar-refractivity contribution >= 4 is 41.2 Å². The van der Waals surface area contributed by atoms with E-state index in [-0.39, 0.29) is 28.2 Å². The Morgan fingerprint density at radius 2 is 2.03 bits per heavy atom. The van der Waals surface area contributed by atoms with Gasteiger partial charge in [0.25, 0.3) is 11.6 Å². The second kappa shape index (κ2) is 10.8. The van der Waals surface area contributed by atoms with Crippen molar-refractivity contribution < 1.29 is 14.5 Å². The van der Waals surface area contributed by atoms with E-state index in [4.69, 9.17) is 10.6 Å². The zero-order valence-electron chi connectivity index (χ0n) is 17.0. The lowest BCUT2D eigenvalue weighted by molar-refractivity contribution is -0.383. The van der Waals surface area contributed by atoms with Crippen LogP contribution in [0.3, 0.4) is 0 Å². The van der Waals surface area contributed by atoms with Crippen LogP contribution >= 0.6 is 11.8 Å². The number of benzene rings is 2. The van der Waals surface area contributed by atoms with Crippen molar-refractivity contribution in [3.8, 4) is 5.75 Å². The molecule has 4 N–H and O–H groups in total. The van der Waals surface area contributed by atoms with Crippen LogP contribution in [0.15, 0.2) is 58.8 Å². The molecular weight excluding hydrogens is 436 g/mol. The molecule has 0 radical (unpaired) electrons. The molecule has 1 amide bonds. The number of carbonyl (C=O) groups is 1. The lowest BCUT2D eigenvalue weighted by Crippen LogP contribution is -2.17. The third-order valence-electron chi connectivity index (χ3n) is 3.94. The van der Waals surface area contributed by atoms with Gasteiger partial charge in [-0.05, 0) is 42.8 Å². The fourth-order valence-electron chi connectivity index (χ4n) is 2.49. The van der Waals surface area contributed by atoms with Gasteiger partial charge in [0.15, 0.2) is 0 Å². The zero-order chi connectivity index (χ0) is 22.9. The quantitative estimate of drug-likeness (QED) is 0.137. The van der Waals surface area contributed by atoms with Gasteiger partial charge in [-0.1, -0.05) is 23.9 Å². The molecule has 1 heterocycles. The number of hydrogen-bond acceptors (Lipinski definition) is 10. The van der Waals surface area contributed by atoms with Gasteiger partial charge in [-0.3, -0.25) is 14.9 Å². The van der Waals surface area contributed by atoms with Crippen LogP contribution in [-0.4, -0.2) is 44.3 Å². The number of hydrazone groups is 1. The number of aromatic nitrogens is 3. The fourth-order valence-corrected chi connectivity index (χ4v) is 3.14. The van der Waals surface area contributed by atoms with Gasteiger partial charge in [0.05, 0.1) is 23.5 Å². The lowest BCUT2D eigenvalue weighted by Gasteiger charge is -2.06. The number of nitrogens with zero attached hydrogens (tertiary/aromatic N) is 5. The maximum absolute atomic E-state index is 12.2. The van der Waals surface area contributed by atoms with Crippen molar-refractivity contribution in [3.63, 3.8) is 0 Å². The third-order valence-corrected chi connectivity index (χ3v) is 4.88. The lowest BCUT2D eigenvalue weighted by atomic mass is 10.2. The van der Waals surface area contributed by atoms with Crippen LogP contribution in [0.4, 0.5) is 17.3 Å². The minimum absolute atomic E-state index is 0.0726. The van der Waals surface area contributed by atoms with Crippen LogP contribution in [0.5, 0.6) is 5.75 Å². The van der Waals surface area contributed by atoms with Gasteiger partial charge in [0.1, 0.15) is 11.4 Å². The molecule has 0 bridgehead atoms. The summed E-state index contributed by atoms with van der Waals surface area (Å²) in [5.41, 5.74) is 3.45. The van der Waals surface area contributed by atoms with E-state index in [9.17, 15) is 14.9 Å². The van der Waals surface area contributed by atoms with Crippen LogP contribution in [-0.2, 0) is 4.79 Å². The van der Waals surface area contributed by atoms with E-state index in [0.717, 1.165) is 27.8 Å². The number of carbonyl (C=O) groups excluding carboxylic acids is 1. The Balaban J connectivity index is 1.53. The number of rotatable bonds is 10. The van der Waals surface area contributed by atoms with Gasteiger partial charge in [0, 0.05) is 6.07 Å². The fraction of sp³-hybridized carbons (Fsp3) is 0.158. The van der Waals surface area contributed by atoms with Gasteiger partial charge in [-0.15, -0.1) is 10.2 Å². The van der Waals surface area contributed by atoms with Gasteiger partial charge < -0.3 is 15.9 Å². The number of amides is 1. The number of nitro groups is 1. The van der Waals surface area contributed by atoms with Crippen molar-refractivity contribution in [2.24, 2.45) is 5.10 Å². The third kappa shape index (κ3) is 5.95. The van der Waals surface area contributed by atoms with Crippen molar-refractivity contribution in [2.75, 3.05) is 28.9 Å². The van der Waals surface area contributed by atoms with Crippen LogP contribution in [0.2, 0.25) is 0 Å². The summed E-state index contributed by atoms with van der Waals surface area (Å²) in [7, 11) is 0. The Bertz CT molecular complexity index is 1120. The normalized spacial score (nSPS) is 10.8. The molecule has 0 saturated heterocycles. The Kier molecular flexibility index (Phi) is 7.59. The number of para-hydroxylation sites is 2. The molecule has 0 saturated carbocycles. The first kappa shape index (κ1) is 22.6. The van der Waals surface area contributed by atoms with E-state index < -0.39 is 10.8 Å². The molecule has 0 spiro atoms. The van der Waals surface area contributed by atoms with Crippen molar-refractivity contribution in [1.29, 1.82) is 0 Å². The van der Waals surface area contributed by atoms with E-state index in [1.165, 1.54) is 18.2 Å². The SMILES string of the molecule is CCOc1ccc(/C=N/Nc2nnc(SCC(=O)Nc3ccccc3[N+](=O)[O-])n2N)cc1. The summed E-state index contributed by atoms with van der Waals surface area (Å²) in [6, 6.07) is 13.2. The van der Waals surface area contributed by atoms with E-state index in [1.807, 2.05) is 31.2 Å². The van der Waals surface area contributed by atoms with E-state index in [0.29, 0.717) is 6.61 Å². The molecule has 2 aromatic carbocycles. The number of ether oxygens (including phenoxy) is 1. The number of hydrogen-bond donors (Lipinski definition) is 3. The number of anilines is 2. The minimum Gasteiger partial charge on any atom is -0.494 e. The summed E-state index contributed by atoms with van der Waals surface area (Å²) in [6.07, 6.45) is 1.58. The van der Waals surface area contributed by atoms with Crippen LogP contribution < -0.4 is 21.3 Å². The molecule has 12 nitrogen and oxygen atoms in total. The number of nitrogens with two attached hydrogens (primary N) is 1. The van der Waals surface area contributed by atoms with Crippen LogP contribution in [0, 0.1) is 10.1 Å². The molecule has 0 atom stereocenters. The first-order chi connectivity index (χ1) is 15.5. The average Bonchev–Trinajstić information content (AvgIpc) is 3.13. The highest BCUT2D eigenvalue weighted by molar-refractivity contribution is 7.99. The molecule has 0 unspecified atom stereocenters. The van der Waals surface area contributed by atoms with Crippen molar-refractivity contribution in [1.82, 2.24) is 14.9 Å². The summed E-state index contributed by atoms with van der Waals surface area (Å²) in [5, 5.41) is 25.7. The minimum atomic E-state index is -0.564. The standard InChI is InChI=1S/C19H20N8O4S/c1-2-31-14-9-7-13(8-10-14)11-21-23-18-24-25-19(26(18)20)32-12-17(28)22-15-5-3-4-6-16(15)27(29)30/h3-11H,2,12,20H2,1H3,(H,22,28)(H,23,24)/b21-11+. The molecule has 3 aromatic rings. The van der Waals surface area contributed by atoms with Gasteiger partial charge in [-0.2, -0.15) is 5.10 Å². The zero-order valence-corrected chi connectivity index (χ0v) is 17.8. The molecule has 1 aromatic heterocycles. The summed E-state index contributed by atoms with van der Waals surface area (Å²) in [4.78, 5) is 22.6. The predicted molar refractivity (Wildman–Crippen MR) is 121 cm³/mol. The second-order valence-corrected chi connectivity index (χ2v) is 7.10. The summed E-state index contributed by atoms with van der Waals surface area (Å²) in [6.45, 7) is 2.51. The number of thioether (sulfide) groups is 1. The first-order valence-corrected chi connectivity index (χ1v) is 10.3. The molecule has 0 fully saturated rings. The molecule has 166 valence electrons. The first-order valence-electron chi connectivity index (χ1n) is 9.36. The second-order valence-electron chi connectivity index (χ2n) is 6.16. The maximum Gasteiger partial charge on any atom is 0.292 e. The van der Waals surface area contributed by atoms with Gasteiger partial charge in [0.2, 0.25) is 11.1 Å². The van der Waals surface area contributed by atoms with Gasteiger partial charge in [-0.25, -0.2) is 10.1 Å². The summed E-state index contributed by atoms with van der Waals surface area (Å²) in [5.74, 6) is 6.36. The highest BCUT2D eigenvalue weighted by Gasteiger charge is 2.16. The van der Waals surface area contributed by atoms with E-state index in [2.05, 4.69) is 26.0 Å². The summed E-state index contributed by atoms with van der Waals surface area (Å²) >= 11 is 1.02. The molecule has 3 rings (SSSR count). The van der Waals surface area contributed by atoms with Crippen LogP contribution in [0.25, 0.3) is 0 Å². The Morgan fingerprint density at radius 3 is 2.75 bits per heavy atom. The maximum atomic E-state index is 12.2. The van der Waals surface area contributed by atoms with Crippen LogP contribution in [0.1, 0.15) is 12.5 Å². The molecule has 0 aliphatic carbocycles. The molecule has 0 aliphatic heterocycles. The van der Waals surface area contributed by atoms with Crippen molar-refractivity contribution in [3.05, 3.63) is 64.2 Å². The highest BCUT2D eigenvalue weighted by Crippen LogP contribution is 2.24.